The van der Waals surface area contributed by atoms with Gasteiger partial charge < -0.3 is 19.7 Å². The molecule has 0 spiro atoms. The minimum atomic E-state index is -0.558. The van der Waals surface area contributed by atoms with E-state index in [9.17, 15) is 14.4 Å². The Bertz CT molecular complexity index is 734. The molecular formula is C21H28N2O5. The number of benzene rings is 1. The Morgan fingerprint density at radius 1 is 1.11 bits per heavy atom. The van der Waals surface area contributed by atoms with E-state index in [2.05, 4.69) is 5.32 Å². The van der Waals surface area contributed by atoms with Gasteiger partial charge in [0.1, 0.15) is 12.2 Å². The monoisotopic (exact) mass is 388 g/mol. The van der Waals surface area contributed by atoms with E-state index >= 15 is 0 Å². The molecule has 28 heavy (non-hydrogen) atoms. The van der Waals surface area contributed by atoms with E-state index in [0.717, 1.165) is 25.7 Å². The molecule has 152 valence electrons. The SMILES string of the molecule is CC(C)(C)OC(=O)N1CCC[C@H]1COC(=O)c1ccc(NC(=O)C2CC2)cc1. The van der Waals surface area contributed by atoms with Gasteiger partial charge in [0.05, 0.1) is 11.6 Å². The fourth-order valence-corrected chi connectivity index (χ4v) is 3.10. The zero-order valence-electron chi connectivity index (χ0n) is 16.7. The summed E-state index contributed by atoms with van der Waals surface area (Å²) in [6.45, 7) is 6.22. The van der Waals surface area contributed by atoms with E-state index in [1.54, 1.807) is 29.2 Å². The summed E-state index contributed by atoms with van der Waals surface area (Å²) < 4.78 is 10.8. The Kier molecular flexibility index (Phi) is 5.91. The van der Waals surface area contributed by atoms with Crippen LogP contribution in [0.5, 0.6) is 0 Å². The molecule has 0 bridgehead atoms. The molecular weight excluding hydrogens is 360 g/mol. The van der Waals surface area contributed by atoms with Crippen LogP contribution in [0.25, 0.3) is 0 Å². The van der Waals surface area contributed by atoms with E-state index in [1.165, 1.54) is 0 Å². The molecule has 1 aliphatic carbocycles. The highest BCUT2D eigenvalue weighted by Crippen LogP contribution is 2.30. The van der Waals surface area contributed by atoms with Crippen molar-refractivity contribution >= 4 is 23.7 Å². The highest BCUT2D eigenvalue weighted by Gasteiger charge is 2.33. The van der Waals surface area contributed by atoms with Gasteiger partial charge in [0.15, 0.2) is 0 Å². The molecule has 3 rings (SSSR count). The molecule has 1 heterocycles. The van der Waals surface area contributed by atoms with Crippen LogP contribution in [0.1, 0.15) is 56.8 Å². The van der Waals surface area contributed by atoms with Crippen LogP contribution in [0.3, 0.4) is 0 Å². The number of likely N-dealkylation sites (tertiary alicyclic amines) is 1. The normalized spacial score (nSPS) is 19.2. The number of anilines is 1. The molecule has 1 atom stereocenters. The molecule has 2 aliphatic rings. The Hall–Kier alpha value is -2.57. The molecule has 2 amide bonds. The molecule has 0 aromatic heterocycles. The first kappa shape index (κ1) is 20.2. The van der Waals surface area contributed by atoms with Gasteiger partial charge in [0.25, 0.3) is 0 Å². The number of hydrogen-bond donors (Lipinski definition) is 1. The molecule has 1 saturated heterocycles. The van der Waals surface area contributed by atoms with Crippen LogP contribution in [0.15, 0.2) is 24.3 Å². The minimum absolute atomic E-state index is 0.0267. The van der Waals surface area contributed by atoms with Crippen molar-refractivity contribution in [2.24, 2.45) is 5.92 Å². The summed E-state index contributed by atoms with van der Waals surface area (Å²) in [5.41, 5.74) is 0.518. The standard InChI is InChI=1S/C21H28N2O5/c1-21(2,3)28-20(26)23-12-4-5-17(23)13-27-19(25)15-8-10-16(11-9-15)22-18(24)14-6-7-14/h8-11,14,17H,4-7,12-13H2,1-3H3,(H,22,24)/t17-/m0/s1. The quantitative estimate of drug-likeness (QED) is 0.779. The second kappa shape index (κ2) is 8.20. The number of carbonyl (C=O) groups is 3. The van der Waals surface area contributed by atoms with Crippen molar-refractivity contribution in [1.29, 1.82) is 0 Å². The zero-order chi connectivity index (χ0) is 20.3. The number of hydrogen-bond acceptors (Lipinski definition) is 5. The van der Waals surface area contributed by atoms with Gasteiger partial charge in [0, 0.05) is 18.2 Å². The van der Waals surface area contributed by atoms with E-state index in [1.807, 2.05) is 20.8 Å². The molecule has 1 N–H and O–H groups in total. The van der Waals surface area contributed by atoms with Gasteiger partial charge in [0.2, 0.25) is 5.91 Å². The Balaban J connectivity index is 1.50. The maximum atomic E-state index is 12.3. The highest BCUT2D eigenvalue weighted by molar-refractivity contribution is 5.95. The summed E-state index contributed by atoms with van der Waals surface area (Å²) in [6, 6.07) is 6.48. The molecule has 2 fully saturated rings. The van der Waals surface area contributed by atoms with Crippen LogP contribution in [0.4, 0.5) is 10.5 Å². The third-order valence-corrected chi connectivity index (χ3v) is 4.75. The average molecular weight is 388 g/mol. The van der Waals surface area contributed by atoms with Crippen molar-refractivity contribution in [2.75, 3.05) is 18.5 Å². The van der Waals surface area contributed by atoms with Gasteiger partial charge in [-0.3, -0.25) is 4.79 Å². The number of esters is 1. The maximum Gasteiger partial charge on any atom is 0.410 e. The number of nitrogens with zero attached hydrogens (tertiary/aromatic N) is 1. The second-order valence-corrected chi connectivity index (χ2v) is 8.41. The summed E-state index contributed by atoms with van der Waals surface area (Å²) in [4.78, 5) is 38.0. The van der Waals surface area contributed by atoms with Gasteiger partial charge in [-0.25, -0.2) is 9.59 Å². The van der Waals surface area contributed by atoms with Crippen molar-refractivity contribution in [2.45, 2.75) is 58.1 Å². The Morgan fingerprint density at radius 2 is 1.79 bits per heavy atom. The van der Waals surface area contributed by atoms with Crippen molar-refractivity contribution in [1.82, 2.24) is 4.90 Å². The molecule has 7 nitrogen and oxygen atoms in total. The lowest BCUT2D eigenvalue weighted by Gasteiger charge is -2.28. The van der Waals surface area contributed by atoms with Crippen LogP contribution in [-0.2, 0) is 14.3 Å². The first-order chi connectivity index (χ1) is 13.2. The fourth-order valence-electron chi connectivity index (χ4n) is 3.10. The van der Waals surface area contributed by atoms with Crippen molar-refractivity contribution in [3.8, 4) is 0 Å². The van der Waals surface area contributed by atoms with Gasteiger partial charge >= 0.3 is 12.1 Å². The van der Waals surface area contributed by atoms with E-state index in [-0.39, 0.29) is 30.6 Å². The predicted octanol–water partition coefficient (Wildman–Crippen LogP) is 3.59. The van der Waals surface area contributed by atoms with Gasteiger partial charge in [-0.05, 0) is 70.7 Å². The lowest BCUT2D eigenvalue weighted by Crippen LogP contribution is -2.42. The molecule has 1 aromatic rings. The predicted molar refractivity (Wildman–Crippen MR) is 104 cm³/mol. The van der Waals surface area contributed by atoms with Crippen LogP contribution >= 0.6 is 0 Å². The fraction of sp³-hybridized carbons (Fsp3) is 0.571. The number of carbonyl (C=O) groups excluding carboxylic acids is 3. The van der Waals surface area contributed by atoms with Crippen molar-refractivity contribution < 1.29 is 23.9 Å². The Labute approximate surface area is 165 Å². The molecule has 1 aromatic carbocycles. The maximum absolute atomic E-state index is 12.3. The average Bonchev–Trinajstić information content (AvgIpc) is 3.37. The molecule has 0 radical (unpaired) electrons. The molecule has 1 saturated carbocycles. The summed E-state index contributed by atoms with van der Waals surface area (Å²) in [7, 11) is 0. The van der Waals surface area contributed by atoms with E-state index < -0.39 is 11.6 Å². The molecule has 0 unspecified atom stereocenters. The molecule has 1 aliphatic heterocycles. The lowest BCUT2D eigenvalue weighted by molar-refractivity contribution is -0.117. The first-order valence-corrected chi connectivity index (χ1v) is 9.80. The number of ether oxygens (including phenoxy) is 2. The third-order valence-electron chi connectivity index (χ3n) is 4.75. The number of nitrogens with one attached hydrogen (secondary N) is 1. The van der Waals surface area contributed by atoms with Gasteiger partial charge in [-0.2, -0.15) is 0 Å². The van der Waals surface area contributed by atoms with E-state index in [4.69, 9.17) is 9.47 Å². The van der Waals surface area contributed by atoms with Crippen LogP contribution < -0.4 is 5.32 Å². The van der Waals surface area contributed by atoms with Gasteiger partial charge in [-0.1, -0.05) is 0 Å². The number of amides is 2. The summed E-state index contributed by atoms with van der Waals surface area (Å²) >= 11 is 0. The van der Waals surface area contributed by atoms with E-state index in [0.29, 0.717) is 17.8 Å². The number of rotatable bonds is 5. The third kappa shape index (κ3) is 5.47. The Morgan fingerprint density at radius 3 is 2.39 bits per heavy atom. The van der Waals surface area contributed by atoms with Crippen molar-refractivity contribution in [3.05, 3.63) is 29.8 Å². The molecule has 7 heteroatoms. The smallest absolute Gasteiger partial charge is 0.410 e. The first-order valence-electron chi connectivity index (χ1n) is 9.80. The van der Waals surface area contributed by atoms with Crippen LogP contribution in [0.2, 0.25) is 0 Å². The lowest BCUT2D eigenvalue weighted by atomic mass is 10.2. The summed E-state index contributed by atoms with van der Waals surface area (Å²) in [6.07, 6.45) is 3.15. The van der Waals surface area contributed by atoms with Gasteiger partial charge in [-0.15, -0.1) is 0 Å². The topological polar surface area (TPSA) is 84.9 Å². The van der Waals surface area contributed by atoms with Crippen LogP contribution in [0, 0.1) is 5.92 Å². The summed E-state index contributed by atoms with van der Waals surface area (Å²) in [5, 5.41) is 2.83. The largest absolute Gasteiger partial charge is 0.460 e. The van der Waals surface area contributed by atoms with Crippen LogP contribution in [-0.4, -0.2) is 47.7 Å². The second-order valence-electron chi connectivity index (χ2n) is 8.41. The summed E-state index contributed by atoms with van der Waals surface area (Å²) in [5.74, 6) is -0.293. The van der Waals surface area contributed by atoms with Crippen molar-refractivity contribution in [3.63, 3.8) is 0 Å². The highest BCUT2D eigenvalue weighted by atomic mass is 16.6. The minimum Gasteiger partial charge on any atom is -0.460 e. The zero-order valence-corrected chi connectivity index (χ0v) is 16.7.